The van der Waals surface area contributed by atoms with Crippen LogP contribution in [0.25, 0.3) is 10.8 Å². The zero-order valence-electron chi connectivity index (χ0n) is 27.4. The van der Waals surface area contributed by atoms with Gasteiger partial charge in [0.2, 0.25) is 11.8 Å². The zero-order valence-corrected chi connectivity index (χ0v) is 27.4. The molecule has 3 aromatic rings. The maximum atomic E-state index is 14.5. The molecule has 2 unspecified atom stereocenters. The third-order valence-electron chi connectivity index (χ3n) is 7.51. The summed E-state index contributed by atoms with van der Waals surface area (Å²) in [5.41, 5.74) is 7.72. The number of unbranched alkanes of at least 4 members (excludes halogenated alkanes) is 3. The molecule has 0 spiro atoms. The molecule has 2 atom stereocenters. The van der Waals surface area contributed by atoms with Crippen molar-refractivity contribution in [1.29, 1.82) is 0 Å². The lowest BCUT2D eigenvalue weighted by Gasteiger charge is -2.35. The van der Waals surface area contributed by atoms with Crippen molar-refractivity contribution in [2.24, 2.45) is 5.73 Å². The molecule has 0 radical (unpaired) electrons. The van der Waals surface area contributed by atoms with Gasteiger partial charge < -0.3 is 26.0 Å². The summed E-state index contributed by atoms with van der Waals surface area (Å²) < 4.78 is 5.44. The number of aryl methyl sites for hydroxylation is 2. The molecule has 242 valence electrons. The number of carbonyl (C=O) groups is 4. The van der Waals surface area contributed by atoms with Crippen molar-refractivity contribution in [2.75, 3.05) is 11.9 Å². The number of fused-ring (bicyclic) bond motifs is 1. The Morgan fingerprint density at radius 2 is 1.62 bits per heavy atom. The van der Waals surface area contributed by atoms with Crippen LogP contribution >= 0.6 is 0 Å². The van der Waals surface area contributed by atoms with Gasteiger partial charge in [-0.1, -0.05) is 80.3 Å². The lowest BCUT2D eigenvalue weighted by molar-refractivity contribution is -0.141. The van der Waals surface area contributed by atoms with E-state index in [1.54, 1.807) is 20.8 Å². The van der Waals surface area contributed by atoms with Gasteiger partial charge in [0, 0.05) is 18.7 Å². The quantitative estimate of drug-likeness (QED) is 0.173. The number of carbonyl (C=O) groups excluding carboxylic acids is 4. The molecule has 0 saturated carbocycles. The number of anilines is 1. The van der Waals surface area contributed by atoms with Crippen LogP contribution in [0.5, 0.6) is 0 Å². The van der Waals surface area contributed by atoms with Crippen LogP contribution in [-0.2, 0) is 19.1 Å². The maximum absolute atomic E-state index is 14.5. The molecule has 4 amide bonds. The highest BCUT2D eigenvalue weighted by Gasteiger charge is 2.37. The smallest absolute Gasteiger partial charge is 0.408 e. The molecule has 9 heteroatoms. The normalized spacial score (nSPS) is 12.7. The first-order valence-corrected chi connectivity index (χ1v) is 15.7. The van der Waals surface area contributed by atoms with Crippen molar-refractivity contribution in [3.63, 3.8) is 0 Å². The number of hydrogen-bond acceptors (Lipinski definition) is 5. The standard InChI is InChI=1S/C36H48N4O5/c1-7-8-9-12-21-40(34(43)30(19-20-31(37)41)39-35(44)45-36(4,5)6)32(29-22-24(2)15-16-25(29)3)33(42)38-28-18-17-26-13-10-11-14-27(26)23-28/h10-11,13-18,22-23,30,32H,7-9,12,19-21H2,1-6H3,(H2,37,41)(H,38,42)(H,39,44). The average molecular weight is 617 g/mol. The predicted molar refractivity (Wildman–Crippen MR) is 179 cm³/mol. The van der Waals surface area contributed by atoms with Crippen molar-refractivity contribution < 1.29 is 23.9 Å². The summed E-state index contributed by atoms with van der Waals surface area (Å²) in [7, 11) is 0. The van der Waals surface area contributed by atoms with Crippen molar-refractivity contribution in [3.05, 3.63) is 77.4 Å². The molecule has 0 heterocycles. The molecule has 0 aliphatic rings. The molecular weight excluding hydrogens is 568 g/mol. The SMILES string of the molecule is CCCCCCN(C(=O)C(CCC(N)=O)NC(=O)OC(C)(C)C)C(C(=O)Nc1ccc2ccccc2c1)c1cc(C)ccc1C. The van der Waals surface area contributed by atoms with E-state index < -0.39 is 35.6 Å². The molecule has 4 N–H and O–H groups in total. The molecule has 45 heavy (non-hydrogen) atoms. The van der Waals surface area contributed by atoms with E-state index in [-0.39, 0.29) is 25.3 Å². The minimum absolute atomic E-state index is 0.0370. The van der Waals surface area contributed by atoms with Gasteiger partial charge in [-0.2, -0.15) is 0 Å². The second-order valence-electron chi connectivity index (χ2n) is 12.6. The average Bonchev–Trinajstić information content (AvgIpc) is 2.97. The highest BCUT2D eigenvalue weighted by Crippen LogP contribution is 2.30. The van der Waals surface area contributed by atoms with Gasteiger partial charge in [-0.15, -0.1) is 0 Å². The number of benzene rings is 3. The third-order valence-corrected chi connectivity index (χ3v) is 7.51. The molecule has 9 nitrogen and oxygen atoms in total. The fourth-order valence-corrected chi connectivity index (χ4v) is 5.25. The largest absolute Gasteiger partial charge is 0.444 e. The summed E-state index contributed by atoms with van der Waals surface area (Å²) in [6.45, 7) is 11.4. The van der Waals surface area contributed by atoms with Gasteiger partial charge in [-0.25, -0.2) is 4.79 Å². The second-order valence-corrected chi connectivity index (χ2v) is 12.6. The predicted octanol–water partition coefficient (Wildman–Crippen LogP) is 6.70. The zero-order chi connectivity index (χ0) is 33.1. The fraction of sp³-hybridized carbons (Fsp3) is 0.444. The summed E-state index contributed by atoms with van der Waals surface area (Å²) in [5, 5.41) is 7.73. The van der Waals surface area contributed by atoms with Crippen LogP contribution in [0.1, 0.15) is 89.0 Å². The number of primary amides is 1. The van der Waals surface area contributed by atoms with E-state index in [0.717, 1.165) is 41.2 Å². The van der Waals surface area contributed by atoms with Crippen LogP contribution < -0.4 is 16.4 Å². The molecule has 0 fully saturated rings. The van der Waals surface area contributed by atoms with E-state index in [0.29, 0.717) is 17.7 Å². The van der Waals surface area contributed by atoms with Crippen LogP contribution in [0, 0.1) is 13.8 Å². The number of rotatable bonds is 14. The van der Waals surface area contributed by atoms with Crippen LogP contribution in [0.4, 0.5) is 10.5 Å². The van der Waals surface area contributed by atoms with Gasteiger partial charge in [0.1, 0.15) is 17.7 Å². The van der Waals surface area contributed by atoms with Crippen molar-refractivity contribution in [1.82, 2.24) is 10.2 Å². The molecule has 3 rings (SSSR count). The Kier molecular flexibility index (Phi) is 12.5. The first-order valence-electron chi connectivity index (χ1n) is 15.7. The van der Waals surface area contributed by atoms with Gasteiger partial charge >= 0.3 is 6.09 Å². The number of hydrogen-bond donors (Lipinski definition) is 3. The van der Waals surface area contributed by atoms with Gasteiger partial charge in [-0.05, 0) is 81.5 Å². The first kappa shape index (κ1) is 35.1. The highest BCUT2D eigenvalue weighted by atomic mass is 16.6. The van der Waals surface area contributed by atoms with Crippen molar-refractivity contribution in [3.8, 4) is 0 Å². The van der Waals surface area contributed by atoms with E-state index in [1.165, 1.54) is 4.90 Å². The molecular formula is C36H48N4O5. The Balaban J connectivity index is 2.08. The number of amides is 4. The van der Waals surface area contributed by atoms with Crippen molar-refractivity contribution in [2.45, 2.75) is 97.8 Å². The van der Waals surface area contributed by atoms with E-state index in [1.807, 2.05) is 74.5 Å². The van der Waals surface area contributed by atoms with E-state index in [2.05, 4.69) is 17.6 Å². The number of alkyl carbamates (subject to hydrolysis) is 1. The highest BCUT2D eigenvalue weighted by molar-refractivity contribution is 6.00. The fourth-order valence-electron chi connectivity index (χ4n) is 5.25. The second kappa shape index (κ2) is 16.1. The third kappa shape index (κ3) is 10.6. The Labute approximate surface area is 266 Å². The first-order chi connectivity index (χ1) is 21.3. The Bertz CT molecular complexity index is 1500. The van der Waals surface area contributed by atoms with Gasteiger partial charge in [0.15, 0.2) is 0 Å². The minimum atomic E-state index is -1.14. The van der Waals surface area contributed by atoms with Gasteiger partial charge in [0.25, 0.3) is 5.91 Å². The van der Waals surface area contributed by atoms with Gasteiger partial charge in [0.05, 0.1) is 0 Å². The van der Waals surface area contributed by atoms with E-state index >= 15 is 0 Å². The molecule has 0 aromatic heterocycles. The Hall–Kier alpha value is -4.40. The number of ether oxygens (including phenoxy) is 1. The van der Waals surface area contributed by atoms with Crippen LogP contribution in [0.15, 0.2) is 60.7 Å². The van der Waals surface area contributed by atoms with Gasteiger partial charge in [-0.3, -0.25) is 14.4 Å². The number of nitrogens with two attached hydrogens (primary N) is 1. The van der Waals surface area contributed by atoms with E-state index in [4.69, 9.17) is 10.5 Å². The number of nitrogens with zero attached hydrogens (tertiary/aromatic N) is 1. The minimum Gasteiger partial charge on any atom is -0.444 e. The number of nitrogens with one attached hydrogen (secondary N) is 2. The van der Waals surface area contributed by atoms with Crippen LogP contribution in [-0.4, -0.2) is 46.9 Å². The topological polar surface area (TPSA) is 131 Å². The lowest BCUT2D eigenvalue weighted by atomic mass is 9.95. The monoisotopic (exact) mass is 616 g/mol. The molecule has 0 aliphatic heterocycles. The Morgan fingerprint density at radius 1 is 0.911 bits per heavy atom. The summed E-state index contributed by atoms with van der Waals surface area (Å²) in [4.78, 5) is 55.0. The molecule has 0 aliphatic carbocycles. The molecule has 0 bridgehead atoms. The van der Waals surface area contributed by atoms with Crippen LogP contribution in [0.3, 0.4) is 0 Å². The lowest BCUT2D eigenvalue weighted by Crippen LogP contribution is -2.53. The van der Waals surface area contributed by atoms with Crippen LogP contribution in [0.2, 0.25) is 0 Å². The molecule has 0 saturated heterocycles. The maximum Gasteiger partial charge on any atom is 0.408 e. The molecule has 3 aromatic carbocycles. The summed E-state index contributed by atoms with van der Waals surface area (Å²) in [5.74, 6) is -1.47. The van der Waals surface area contributed by atoms with E-state index in [9.17, 15) is 19.2 Å². The Morgan fingerprint density at radius 3 is 2.29 bits per heavy atom. The van der Waals surface area contributed by atoms with Crippen molar-refractivity contribution >= 4 is 40.3 Å². The summed E-state index contributed by atoms with van der Waals surface area (Å²) in [6, 6.07) is 17.2. The summed E-state index contributed by atoms with van der Waals surface area (Å²) in [6.07, 6.45) is 2.52. The summed E-state index contributed by atoms with van der Waals surface area (Å²) >= 11 is 0.